The minimum absolute atomic E-state index is 0.373. The Balaban J connectivity index is 2.04. The van der Waals surface area contributed by atoms with E-state index in [2.05, 4.69) is 10.3 Å². The average molecular weight is 228 g/mol. The van der Waals surface area contributed by atoms with E-state index in [1.165, 1.54) is 0 Å². The Morgan fingerprint density at radius 2 is 2.31 bits per heavy atom. The smallest absolute Gasteiger partial charge is 0.407 e. The molecule has 1 aliphatic heterocycles. The Kier molecular flexibility index (Phi) is 4.58. The van der Waals surface area contributed by atoms with E-state index in [1.54, 1.807) is 0 Å². The highest BCUT2D eigenvalue weighted by molar-refractivity contribution is 5.77. The van der Waals surface area contributed by atoms with Crippen LogP contribution in [0.4, 0.5) is 4.79 Å². The Labute approximate surface area is 96.2 Å². The van der Waals surface area contributed by atoms with E-state index < -0.39 is 5.60 Å². The van der Waals surface area contributed by atoms with Crippen LogP contribution < -0.4 is 5.32 Å². The molecule has 5 heteroatoms. The Morgan fingerprint density at radius 3 is 2.88 bits per heavy atom. The zero-order chi connectivity index (χ0) is 12.0. The first kappa shape index (κ1) is 12.8. The van der Waals surface area contributed by atoms with Gasteiger partial charge in [-0.3, -0.25) is 4.99 Å². The minimum Gasteiger partial charge on any atom is -0.479 e. The van der Waals surface area contributed by atoms with Gasteiger partial charge in [-0.1, -0.05) is 0 Å². The lowest BCUT2D eigenvalue weighted by Gasteiger charge is -2.19. The molecule has 0 spiro atoms. The number of nitrogens with zero attached hydrogens (tertiary/aromatic N) is 1. The molecule has 0 unspecified atom stereocenters. The predicted octanol–water partition coefficient (Wildman–Crippen LogP) is 1.72. The van der Waals surface area contributed by atoms with Crippen LogP contribution in [0.1, 0.15) is 33.6 Å². The van der Waals surface area contributed by atoms with E-state index in [4.69, 9.17) is 9.47 Å². The van der Waals surface area contributed by atoms with Crippen molar-refractivity contribution in [2.75, 3.05) is 19.7 Å². The second kappa shape index (κ2) is 5.72. The lowest BCUT2D eigenvalue weighted by atomic mass is 10.2. The molecule has 0 saturated carbocycles. The molecular weight excluding hydrogens is 208 g/mol. The molecule has 5 nitrogen and oxygen atoms in total. The molecule has 0 fully saturated rings. The maximum atomic E-state index is 11.3. The van der Waals surface area contributed by atoms with Gasteiger partial charge < -0.3 is 14.8 Å². The lowest BCUT2D eigenvalue weighted by Crippen LogP contribution is -2.33. The van der Waals surface area contributed by atoms with E-state index in [-0.39, 0.29) is 6.09 Å². The fraction of sp³-hybridized carbons (Fsp3) is 0.818. The van der Waals surface area contributed by atoms with Crippen LogP contribution in [0.2, 0.25) is 0 Å². The van der Waals surface area contributed by atoms with Gasteiger partial charge in [-0.2, -0.15) is 0 Å². The van der Waals surface area contributed by atoms with Crippen molar-refractivity contribution in [1.82, 2.24) is 5.32 Å². The number of amides is 1. The molecule has 1 aliphatic rings. The van der Waals surface area contributed by atoms with Crippen LogP contribution in [0, 0.1) is 0 Å². The largest absolute Gasteiger partial charge is 0.479 e. The van der Waals surface area contributed by atoms with Crippen LogP contribution in [0.25, 0.3) is 0 Å². The molecule has 1 rings (SSSR count). The van der Waals surface area contributed by atoms with Crippen molar-refractivity contribution in [3.63, 3.8) is 0 Å². The summed E-state index contributed by atoms with van der Waals surface area (Å²) in [5.74, 6) is 0.797. The summed E-state index contributed by atoms with van der Waals surface area (Å²) >= 11 is 0. The standard InChI is InChI=1S/C11H20N2O3/c1-11(2,3)16-10(14)13-6-4-5-9-12-7-8-15-9/h4-8H2,1-3H3,(H,13,14). The van der Waals surface area contributed by atoms with Crippen molar-refractivity contribution in [2.24, 2.45) is 4.99 Å². The molecule has 92 valence electrons. The summed E-state index contributed by atoms with van der Waals surface area (Å²) in [6.45, 7) is 7.55. The summed E-state index contributed by atoms with van der Waals surface area (Å²) in [4.78, 5) is 15.4. The van der Waals surface area contributed by atoms with Gasteiger partial charge in [0.25, 0.3) is 0 Å². The SMILES string of the molecule is CC(C)(C)OC(=O)NCCCC1=NCCO1. The van der Waals surface area contributed by atoms with Crippen LogP contribution >= 0.6 is 0 Å². The van der Waals surface area contributed by atoms with Gasteiger partial charge in [0.15, 0.2) is 5.90 Å². The topological polar surface area (TPSA) is 59.9 Å². The number of hydrogen-bond acceptors (Lipinski definition) is 4. The first-order valence-corrected chi connectivity index (χ1v) is 5.60. The average Bonchev–Trinajstić information content (AvgIpc) is 2.62. The van der Waals surface area contributed by atoms with E-state index >= 15 is 0 Å². The second-order valence-electron chi connectivity index (χ2n) is 4.66. The summed E-state index contributed by atoms with van der Waals surface area (Å²) in [7, 11) is 0. The zero-order valence-corrected chi connectivity index (χ0v) is 10.2. The van der Waals surface area contributed by atoms with E-state index in [9.17, 15) is 4.79 Å². The quantitative estimate of drug-likeness (QED) is 0.745. The number of rotatable bonds is 4. The maximum Gasteiger partial charge on any atom is 0.407 e. The van der Waals surface area contributed by atoms with Crippen molar-refractivity contribution in [1.29, 1.82) is 0 Å². The number of carbonyl (C=O) groups excluding carboxylic acids is 1. The molecule has 16 heavy (non-hydrogen) atoms. The number of alkyl carbamates (subject to hydrolysis) is 1. The van der Waals surface area contributed by atoms with Crippen LogP contribution in [-0.2, 0) is 9.47 Å². The molecule has 0 aromatic rings. The molecule has 1 amide bonds. The van der Waals surface area contributed by atoms with E-state index in [1.807, 2.05) is 20.8 Å². The zero-order valence-electron chi connectivity index (χ0n) is 10.2. The van der Waals surface area contributed by atoms with Gasteiger partial charge in [0.1, 0.15) is 12.2 Å². The highest BCUT2D eigenvalue weighted by atomic mass is 16.6. The molecule has 0 aromatic carbocycles. The van der Waals surface area contributed by atoms with Crippen molar-refractivity contribution in [2.45, 2.75) is 39.2 Å². The number of aliphatic imine (C=N–C) groups is 1. The van der Waals surface area contributed by atoms with Crippen molar-refractivity contribution >= 4 is 12.0 Å². The number of hydrogen-bond donors (Lipinski definition) is 1. The highest BCUT2D eigenvalue weighted by Gasteiger charge is 2.15. The Bertz CT molecular complexity index is 269. The third-order valence-electron chi connectivity index (χ3n) is 1.88. The van der Waals surface area contributed by atoms with Crippen LogP contribution in [0.15, 0.2) is 4.99 Å². The monoisotopic (exact) mass is 228 g/mol. The van der Waals surface area contributed by atoms with Crippen molar-refractivity contribution in [3.8, 4) is 0 Å². The third kappa shape index (κ3) is 5.58. The van der Waals surface area contributed by atoms with Crippen molar-refractivity contribution in [3.05, 3.63) is 0 Å². The van der Waals surface area contributed by atoms with Crippen LogP contribution in [-0.4, -0.2) is 37.3 Å². The van der Waals surface area contributed by atoms with Gasteiger partial charge in [-0.05, 0) is 27.2 Å². The van der Waals surface area contributed by atoms with Gasteiger partial charge in [-0.15, -0.1) is 0 Å². The van der Waals surface area contributed by atoms with E-state index in [0.717, 1.165) is 25.3 Å². The summed E-state index contributed by atoms with van der Waals surface area (Å²) in [6.07, 6.45) is 1.22. The molecule has 0 aliphatic carbocycles. The van der Waals surface area contributed by atoms with Gasteiger partial charge in [0, 0.05) is 13.0 Å². The van der Waals surface area contributed by atoms with Gasteiger partial charge >= 0.3 is 6.09 Å². The third-order valence-corrected chi connectivity index (χ3v) is 1.88. The van der Waals surface area contributed by atoms with E-state index in [0.29, 0.717) is 13.2 Å². The second-order valence-corrected chi connectivity index (χ2v) is 4.66. The summed E-state index contributed by atoms with van der Waals surface area (Å²) in [5.41, 5.74) is -0.442. The number of ether oxygens (including phenoxy) is 2. The summed E-state index contributed by atoms with van der Waals surface area (Å²) < 4.78 is 10.3. The molecule has 0 bridgehead atoms. The molecule has 1 heterocycles. The molecule has 0 atom stereocenters. The fourth-order valence-corrected chi connectivity index (χ4v) is 1.27. The molecule has 0 aromatic heterocycles. The molecular formula is C11H20N2O3. The van der Waals surface area contributed by atoms with Gasteiger partial charge in [-0.25, -0.2) is 4.79 Å². The summed E-state index contributed by atoms with van der Waals surface area (Å²) in [5, 5.41) is 2.69. The lowest BCUT2D eigenvalue weighted by molar-refractivity contribution is 0.0527. The van der Waals surface area contributed by atoms with Crippen molar-refractivity contribution < 1.29 is 14.3 Å². The maximum absolute atomic E-state index is 11.3. The van der Waals surface area contributed by atoms with Crippen LogP contribution in [0.5, 0.6) is 0 Å². The Morgan fingerprint density at radius 1 is 1.56 bits per heavy atom. The minimum atomic E-state index is -0.442. The normalized spacial score (nSPS) is 15.3. The molecule has 1 N–H and O–H groups in total. The van der Waals surface area contributed by atoms with Gasteiger partial charge in [0.2, 0.25) is 0 Å². The van der Waals surface area contributed by atoms with Crippen LogP contribution in [0.3, 0.4) is 0 Å². The molecule has 0 saturated heterocycles. The van der Waals surface area contributed by atoms with Gasteiger partial charge in [0.05, 0.1) is 6.54 Å². The number of nitrogens with one attached hydrogen (secondary N) is 1. The highest BCUT2D eigenvalue weighted by Crippen LogP contribution is 2.06. The number of carbonyl (C=O) groups is 1. The molecule has 0 radical (unpaired) electrons. The fourth-order valence-electron chi connectivity index (χ4n) is 1.27. The first-order chi connectivity index (χ1) is 7.47. The Hall–Kier alpha value is -1.26. The summed E-state index contributed by atoms with van der Waals surface area (Å²) in [6, 6.07) is 0. The predicted molar refractivity (Wildman–Crippen MR) is 61.7 cm³/mol. The first-order valence-electron chi connectivity index (χ1n) is 5.60.